The Labute approximate surface area is 174 Å². The molecule has 1 N–H and O–H groups in total. The Morgan fingerprint density at radius 1 is 1.00 bits per heavy atom. The van der Waals surface area contributed by atoms with E-state index in [0.29, 0.717) is 16.6 Å². The molecule has 1 heterocycles. The predicted molar refractivity (Wildman–Crippen MR) is 114 cm³/mol. The second kappa shape index (κ2) is 10.7. The molecule has 1 amide bonds. The molecule has 4 nitrogen and oxygen atoms in total. The molecular weight excluding hydrogens is 421 g/mol. The fourth-order valence-electron chi connectivity index (χ4n) is 3.46. The van der Waals surface area contributed by atoms with Gasteiger partial charge in [-0.1, -0.05) is 46.3 Å². The number of halogens is 2. The number of carbonyl (C=O) groups excluding carboxylic acids is 1. The van der Waals surface area contributed by atoms with Crippen molar-refractivity contribution in [2.75, 3.05) is 39.3 Å². The SMILES string of the molecule is O=C(NCCCCN1CCN(Cc2ccccc2)CC1)c1cc(F)cc(Br)c1. The minimum absolute atomic E-state index is 0.227. The zero-order valence-electron chi connectivity index (χ0n) is 16.0. The number of carbonyl (C=O) groups is 1. The topological polar surface area (TPSA) is 35.6 Å². The van der Waals surface area contributed by atoms with Gasteiger partial charge in [-0.15, -0.1) is 0 Å². The standard InChI is InChI=1S/C22H27BrFN3O/c23-20-14-19(15-21(24)16-20)22(28)25-8-4-5-9-26-10-12-27(13-11-26)17-18-6-2-1-3-7-18/h1-3,6-7,14-16H,4-5,8-13,17H2,(H,25,28). The van der Waals surface area contributed by atoms with Crippen LogP contribution in [-0.4, -0.2) is 55.0 Å². The third kappa shape index (κ3) is 6.69. The summed E-state index contributed by atoms with van der Waals surface area (Å²) in [7, 11) is 0. The number of benzene rings is 2. The van der Waals surface area contributed by atoms with Gasteiger partial charge in [-0.05, 0) is 43.1 Å². The van der Waals surface area contributed by atoms with E-state index >= 15 is 0 Å². The zero-order chi connectivity index (χ0) is 19.8. The monoisotopic (exact) mass is 447 g/mol. The van der Waals surface area contributed by atoms with Gasteiger partial charge in [0.2, 0.25) is 0 Å². The van der Waals surface area contributed by atoms with E-state index in [0.717, 1.165) is 52.1 Å². The van der Waals surface area contributed by atoms with E-state index in [1.54, 1.807) is 6.07 Å². The van der Waals surface area contributed by atoms with Crippen LogP contribution in [0.5, 0.6) is 0 Å². The summed E-state index contributed by atoms with van der Waals surface area (Å²) in [5.74, 6) is -0.638. The Bertz CT molecular complexity index is 743. The molecule has 1 aliphatic heterocycles. The fourth-order valence-corrected chi connectivity index (χ4v) is 3.93. The third-order valence-corrected chi connectivity index (χ3v) is 5.48. The summed E-state index contributed by atoms with van der Waals surface area (Å²) in [4.78, 5) is 17.1. The maximum atomic E-state index is 13.4. The maximum absolute atomic E-state index is 13.4. The third-order valence-electron chi connectivity index (χ3n) is 5.03. The van der Waals surface area contributed by atoms with E-state index in [9.17, 15) is 9.18 Å². The maximum Gasteiger partial charge on any atom is 0.251 e. The van der Waals surface area contributed by atoms with Crippen molar-refractivity contribution in [3.63, 3.8) is 0 Å². The number of rotatable bonds is 8. The fraction of sp³-hybridized carbons (Fsp3) is 0.409. The van der Waals surface area contributed by atoms with Gasteiger partial charge in [0.1, 0.15) is 5.82 Å². The van der Waals surface area contributed by atoms with Crippen LogP contribution in [0.4, 0.5) is 4.39 Å². The molecule has 1 aliphatic rings. The summed E-state index contributed by atoms with van der Waals surface area (Å²) in [6.45, 7) is 7.07. The van der Waals surface area contributed by atoms with Gasteiger partial charge >= 0.3 is 0 Å². The quantitative estimate of drug-likeness (QED) is 0.622. The minimum Gasteiger partial charge on any atom is -0.352 e. The summed E-state index contributed by atoms with van der Waals surface area (Å²) < 4.78 is 13.9. The molecule has 1 saturated heterocycles. The van der Waals surface area contributed by atoms with Crippen LogP contribution in [-0.2, 0) is 6.54 Å². The Morgan fingerprint density at radius 3 is 2.43 bits per heavy atom. The van der Waals surface area contributed by atoms with Gasteiger partial charge < -0.3 is 10.2 Å². The normalized spacial score (nSPS) is 15.5. The van der Waals surface area contributed by atoms with Crippen LogP contribution >= 0.6 is 15.9 Å². The molecule has 0 aromatic heterocycles. The van der Waals surface area contributed by atoms with E-state index < -0.39 is 5.82 Å². The summed E-state index contributed by atoms with van der Waals surface area (Å²) in [5.41, 5.74) is 1.72. The number of nitrogens with one attached hydrogen (secondary N) is 1. The van der Waals surface area contributed by atoms with E-state index in [1.807, 2.05) is 0 Å². The number of hydrogen-bond donors (Lipinski definition) is 1. The van der Waals surface area contributed by atoms with E-state index in [4.69, 9.17) is 0 Å². The average molecular weight is 448 g/mol. The lowest BCUT2D eigenvalue weighted by Crippen LogP contribution is -2.46. The minimum atomic E-state index is -0.411. The first kappa shape index (κ1) is 21.0. The summed E-state index contributed by atoms with van der Waals surface area (Å²) in [6, 6.07) is 14.8. The molecule has 2 aromatic rings. The van der Waals surface area contributed by atoms with Gasteiger partial charge in [0.15, 0.2) is 0 Å². The van der Waals surface area contributed by atoms with Crippen LogP contribution in [0, 0.1) is 5.82 Å². The summed E-state index contributed by atoms with van der Waals surface area (Å²) in [6.07, 6.45) is 1.97. The zero-order valence-corrected chi connectivity index (χ0v) is 17.6. The molecule has 3 rings (SSSR count). The number of amides is 1. The smallest absolute Gasteiger partial charge is 0.251 e. The first-order chi connectivity index (χ1) is 13.6. The van der Waals surface area contributed by atoms with Gasteiger partial charge in [-0.3, -0.25) is 9.69 Å². The first-order valence-electron chi connectivity index (χ1n) is 9.83. The first-order valence-corrected chi connectivity index (χ1v) is 10.6. The van der Waals surface area contributed by atoms with Crippen LogP contribution in [0.2, 0.25) is 0 Å². The summed E-state index contributed by atoms with van der Waals surface area (Å²) >= 11 is 3.21. The lowest BCUT2D eigenvalue weighted by molar-refractivity contribution is 0.0950. The molecule has 0 saturated carbocycles. The van der Waals surface area contributed by atoms with Crippen LogP contribution in [0.25, 0.3) is 0 Å². The predicted octanol–water partition coefficient (Wildman–Crippen LogP) is 3.92. The van der Waals surface area contributed by atoms with Crippen molar-refractivity contribution in [1.29, 1.82) is 0 Å². The molecule has 0 atom stereocenters. The second-order valence-corrected chi connectivity index (χ2v) is 8.14. The van der Waals surface area contributed by atoms with E-state index in [1.165, 1.54) is 17.7 Å². The second-order valence-electron chi connectivity index (χ2n) is 7.22. The van der Waals surface area contributed by atoms with Gasteiger partial charge in [0.05, 0.1) is 0 Å². The van der Waals surface area contributed by atoms with Crippen molar-refractivity contribution in [2.45, 2.75) is 19.4 Å². The average Bonchev–Trinajstić information content (AvgIpc) is 2.69. The molecule has 28 heavy (non-hydrogen) atoms. The largest absolute Gasteiger partial charge is 0.352 e. The van der Waals surface area contributed by atoms with Crippen molar-refractivity contribution in [2.24, 2.45) is 0 Å². The van der Waals surface area contributed by atoms with Gasteiger partial charge in [-0.2, -0.15) is 0 Å². The molecule has 2 aromatic carbocycles. The van der Waals surface area contributed by atoms with Crippen molar-refractivity contribution in [3.8, 4) is 0 Å². The highest BCUT2D eigenvalue weighted by Crippen LogP contribution is 2.15. The van der Waals surface area contributed by atoms with Gasteiger partial charge in [0, 0.05) is 49.3 Å². The molecule has 1 fully saturated rings. The highest BCUT2D eigenvalue weighted by molar-refractivity contribution is 9.10. The number of piperazine rings is 1. The highest BCUT2D eigenvalue weighted by Gasteiger charge is 2.16. The van der Waals surface area contributed by atoms with Crippen molar-refractivity contribution in [1.82, 2.24) is 15.1 Å². The molecule has 0 radical (unpaired) electrons. The van der Waals surface area contributed by atoms with Crippen LogP contribution in [0.1, 0.15) is 28.8 Å². The Hall–Kier alpha value is -1.76. The van der Waals surface area contributed by atoms with Crippen LogP contribution in [0.15, 0.2) is 53.0 Å². The Kier molecular flexibility index (Phi) is 8.01. The van der Waals surface area contributed by atoms with Gasteiger partial charge in [-0.25, -0.2) is 4.39 Å². The van der Waals surface area contributed by atoms with Crippen molar-refractivity contribution < 1.29 is 9.18 Å². The molecule has 0 unspecified atom stereocenters. The molecule has 0 spiro atoms. The van der Waals surface area contributed by atoms with Crippen LogP contribution < -0.4 is 5.32 Å². The van der Waals surface area contributed by atoms with E-state index in [-0.39, 0.29) is 5.91 Å². The number of nitrogens with zero attached hydrogens (tertiary/aromatic N) is 2. The summed E-state index contributed by atoms with van der Waals surface area (Å²) in [5, 5.41) is 2.87. The van der Waals surface area contributed by atoms with E-state index in [2.05, 4.69) is 61.4 Å². The molecular formula is C22H27BrFN3O. The molecule has 0 bridgehead atoms. The lowest BCUT2D eigenvalue weighted by atomic mass is 10.2. The number of unbranched alkanes of at least 4 members (excludes halogenated alkanes) is 1. The molecule has 150 valence electrons. The lowest BCUT2D eigenvalue weighted by Gasteiger charge is -2.34. The Balaban J connectivity index is 1.28. The van der Waals surface area contributed by atoms with Crippen molar-refractivity contribution >= 4 is 21.8 Å². The Morgan fingerprint density at radius 2 is 1.71 bits per heavy atom. The molecule has 6 heteroatoms. The number of hydrogen-bond acceptors (Lipinski definition) is 3. The van der Waals surface area contributed by atoms with Crippen molar-refractivity contribution in [3.05, 3.63) is 69.9 Å². The molecule has 0 aliphatic carbocycles. The van der Waals surface area contributed by atoms with Gasteiger partial charge in [0.25, 0.3) is 5.91 Å². The highest BCUT2D eigenvalue weighted by atomic mass is 79.9. The van der Waals surface area contributed by atoms with Crippen LogP contribution in [0.3, 0.4) is 0 Å².